The van der Waals surface area contributed by atoms with E-state index in [0.29, 0.717) is 23.4 Å². The monoisotopic (exact) mass is 474 g/mol. The number of benzene rings is 3. The summed E-state index contributed by atoms with van der Waals surface area (Å²) in [6.07, 6.45) is 3.09. The van der Waals surface area contributed by atoms with Gasteiger partial charge < -0.3 is 11.1 Å². The summed E-state index contributed by atoms with van der Waals surface area (Å²) in [5, 5.41) is 15.2. The SMILES string of the molecule is Nc1cc(C(CCN[C@@H]2C[C@H](c3ccccc3)Cc3ccccc32)c2ccccc2)c2n[nH]nc2n1. The standard InChI is InChI=1S/C30H30N6/c31-28-19-26(29-30(33-28)35-36-34-29)24(21-11-5-2-6-12-21)15-16-32-27-18-23(20-9-3-1-4-10-20)17-22-13-7-8-14-25(22)27/h1-14,19,23-24,27,32H,15-18H2,(H3,31,33,34,35,36)/t23-,24?,27-/m1/s1. The van der Waals surface area contributed by atoms with Crippen LogP contribution in [0.3, 0.4) is 0 Å². The Morgan fingerprint density at radius 1 is 0.917 bits per heavy atom. The zero-order valence-corrected chi connectivity index (χ0v) is 20.1. The zero-order valence-electron chi connectivity index (χ0n) is 20.1. The van der Waals surface area contributed by atoms with Crippen molar-refractivity contribution >= 4 is 17.0 Å². The number of aromatic amines is 1. The zero-order chi connectivity index (χ0) is 24.3. The minimum Gasteiger partial charge on any atom is -0.384 e. The first-order chi connectivity index (χ1) is 17.8. The molecule has 6 nitrogen and oxygen atoms in total. The molecule has 3 aromatic carbocycles. The van der Waals surface area contributed by atoms with E-state index in [2.05, 4.69) is 105 Å². The van der Waals surface area contributed by atoms with Gasteiger partial charge in [-0.25, -0.2) is 4.98 Å². The Bertz CT molecular complexity index is 1450. The van der Waals surface area contributed by atoms with Crippen LogP contribution in [-0.4, -0.2) is 26.9 Å². The number of nitrogens with two attached hydrogens (primary N) is 1. The van der Waals surface area contributed by atoms with Crippen LogP contribution in [0.5, 0.6) is 0 Å². The van der Waals surface area contributed by atoms with E-state index in [1.54, 1.807) is 0 Å². The molecule has 0 spiro atoms. The molecule has 0 bridgehead atoms. The van der Waals surface area contributed by atoms with Crippen LogP contribution < -0.4 is 11.1 Å². The van der Waals surface area contributed by atoms with Crippen molar-refractivity contribution in [3.8, 4) is 0 Å². The summed E-state index contributed by atoms with van der Waals surface area (Å²) in [7, 11) is 0. The second-order valence-corrected chi connectivity index (χ2v) is 9.64. The highest BCUT2D eigenvalue weighted by molar-refractivity contribution is 5.77. The van der Waals surface area contributed by atoms with E-state index in [9.17, 15) is 0 Å². The first-order valence-corrected chi connectivity index (χ1v) is 12.6. The Hall–Kier alpha value is -4.03. The van der Waals surface area contributed by atoms with Gasteiger partial charge in [0.15, 0.2) is 0 Å². The van der Waals surface area contributed by atoms with Gasteiger partial charge in [-0.3, -0.25) is 0 Å². The van der Waals surface area contributed by atoms with Crippen LogP contribution in [0.1, 0.15) is 58.5 Å². The van der Waals surface area contributed by atoms with Crippen LogP contribution in [0.4, 0.5) is 5.82 Å². The second kappa shape index (κ2) is 9.91. The summed E-state index contributed by atoms with van der Waals surface area (Å²) in [6.45, 7) is 0.863. The van der Waals surface area contributed by atoms with Gasteiger partial charge in [0.25, 0.3) is 0 Å². The molecule has 0 aliphatic heterocycles. The highest BCUT2D eigenvalue weighted by Gasteiger charge is 2.28. The fourth-order valence-corrected chi connectivity index (χ4v) is 5.73. The average Bonchev–Trinajstić information content (AvgIpc) is 3.40. The van der Waals surface area contributed by atoms with Crippen LogP contribution >= 0.6 is 0 Å². The molecule has 180 valence electrons. The van der Waals surface area contributed by atoms with Gasteiger partial charge >= 0.3 is 0 Å². The molecule has 4 N–H and O–H groups in total. The molecule has 1 aliphatic carbocycles. The lowest BCUT2D eigenvalue weighted by Crippen LogP contribution is -2.30. The van der Waals surface area contributed by atoms with Crippen molar-refractivity contribution in [3.63, 3.8) is 0 Å². The lowest BCUT2D eigenvalue weighted by Gasteiger charge is -2.33. The van der Waals surface area contributed by atoms with Crippen molar-refractivity contribution in [2.24, 2.45) is 0 Å². The van der Waals surface area contributed by atoms with Crippen molar-refractivity contribution in [1.82, 2.24) is 25.7 Å². The number of fused-ring (bicyclic) bond motifs is 2. The lowest BCUT2D eigenvalue weighted by molar-refractivity contribution is 0.416. The molecule has 36 heavy (non-hydrogen) atoms. The normalized spacial score (nSPS) is 18.1. The minimum absolute atomic E-state index is 0.125. The molecule has 2 aromatic heterocycles. The number of pyridine rings is 1. The van der Waals surface area contributed by atoms with E-state index < -0.39 is 0 Å². The minimum atomic E-state index is 0.125. The summed E-state index contributed by atoms with van der Waals surface area (Å²) >= 11 is 0. The average molecular weight is 475 g/mol. The van der Waals surface area contributed by atoms with Gasteiger partial charge in [0.05, 0.1) is 0 Å². The van der Waals surface area contributed by atoms with E-state index in [1.165, 1.54) is 22.3 Å². The van der Waals surface area contributed by atoms with Gasteiger partial charge in [-0.2, -0.15) is 10.3 Å². The predicted molar refractivity (Wildman–Crippen MR) is 144 cm³/mol. The quantitative estimate of drug-likeness (QED) is 0.289. The molecular weight excluding hydrogens is 444 g/mol. The fourth-order valence-electron chi connectivity index (χ4n) is 5.73. The Labute approximate surface area is 211 Å². The number of nitrogen functional groups attached to an aromatic ring is 1. The van der Waals surface area contributed by atoms with Crippen molar-refractivity contribution in [3.05, 3.63) is 119 Å². The second-order valence-electron chi connectivity index (χ2n) is 9.64. The van der Waals surface area contributed by atoms with E-state index >= 15 is 0 Å². The highest BCUT2D eigenvalue weighted by Crippen LogP contribution is 2.39. The van der Waals surface area contributed by atoms with E-state index in [0.717, 1.165) is 36.9 Å². The third-order valence-electron chi connectivity index (χ3n) is 7.43. The van der Waals surface area contributed by atoms with E-state index in [4.69, 9.17) is 5.73 Å². The number of hydrogen-bond donors (Lipinski definition) is 3. The smallest absolute Gasteiger partial charge is 0.203 e. The number of H-pyrrole nitrogens is 1. The maximum atomic E-state index is 6.16. The van der Waals surface area contributed by atoms with Gasteiger partial charge in [-0.05, 0) is 65.6 Å². The Kier molecular flexibility index (Phi) is 6.18. The van der Waals surface area contributed by atoms with E-state index in [1.807, 2.05) is 12.1 Å². The Morgan fingerprint density at radius 2 is 1.67 bits per heavy atom. The van der Waals surface area contributed by atoms with Crippen LogP contribution in [0.2, 0.25) is 0 Å². The largest absolute Gasteiger partial charge is 0.384 e. The first-order valence-electron chi connectivity index (χ1n) is 12.6. The molecule has 3 atom stereocenters. The molecule has 0 saturated heterocycles. The number of nitrogens with one attached hydrogen (secondary N) is 2. The number of nitrogens with zero attached hydrogens (tertiary/aromatic N) is 3. The van der Waals surface area contributed by atoms with Crippen molar-refractivity contribution in [1.29, 1.82) is 0 Å². The Balaban J connectivity index is 1.27. The third kappa shape index (κ3) is 4.48. The van der Waals surface area contributed by atoms with Gasteiger partial charge in [0.2, 0.25) is 5.65 Å². The van der Waals surface area contributed by atoms with E-state index in [-0.39, 0.29) is 5.92 Å². The Morgan fingerprint density at radius 3 is 2.50 bits per heavy atom. The molecule has 0 fully saturated rings. The summed E-state index contributed by atoms with van der Waals surface area (Å²) in [5.74, 6) is 1.10. The van der Waals surface area contributed by atoms with Gasteiger partial charge in [0.1, 0.15) is 11.3 Å². The predicted octanol–water partition coefficient (Wildman–Crippen LogP) is 5.52. The molecule has 1 unspecified atom stereocenters. The number of anilines is 1. The molecule has 0 radical (unpaired) electrons. The molecule has 6 heteroatoms. The number of hydrogen-bond acceptors (Lipinski definition) is 5. The molecule has 5 aromatic rings. The lowest BCUT2D eigenvalue weighted by atomic mass is 9.77. The first kappa shape index (κ1) is 22.4. The van der Waals surface area contributed by atoms with Crippen molar-refractivity contribution in [2.45, 2.75) is 37.1 Å². The van der Waals surface area contributed by atoms with Gasteiger partial charge in [0, 0.05) is 12.0 Å². The maximum absolute atomic E-state index is 6.16. The maximum Gasteiger partial charge on any atom is 0.203 e. The molecule has 6 rings (SSSR count). The van der Waals surface area contributed by atoms with Crippen molar-refractivity contribution in [2.75, 3.05) is 12.3 Å². The summed E-state index contributed by atoms with van der Waals surface area (Å²) < 4.78 is 0. The summed E-state index contributed by atoms with van der Waals surface area (Å²) in [4.78, 5) is 4.35. The molecule has 2 heterocycles. The topological polar surface area (TPSA) is 92.5 Å². The fraction of sp³-hybridized carbons (Fsp3) is 0.233. The van der Waals surface area contributed by atoms with Crippen LogP contribution in [-0.2, 0) is 6.42 Å². The third-order valence-corrected chi connectivity index (χ3v) is 7.43. The molecule has 1 aliphatic rings. The van der Waals surface area contributed by atoms with Gasteiger partial charge in [-0.1, -0.05) is 84.9 Å². The van der Waals surface area contributed by atoms with Gasteiger partial charge in [-0.15, -0.1) is 5.10 Å². The highest BCUT2D eigenvalue weighted by atomic mass is 15.3. The summed E-state index contributed by atoms with van der Waals surface area (Å²) in [5.41, 5.74) is 14.1. The van der Waals surface area contributed by atoms with Crippen LogP contribution in [0.25, 0.3) is 11.2 Å². The van der Waals surface area contributed by atoms with Crippen molar-refractivity contribution < 1.29 is 0 Å². The summed E-state index contributed by atoms with van der Waals surface area (Å²) in [6, 6.07) is 32.6. The number of aromatic nitrogens is 4. The number of rotatable bonds is 7. The molecule has 0 saturated carbocycles. The molecular formula is C30H30N6. The van der Waals surface area contributed by atoms with Crippen LogP contribution in [0, 0.1) is 0 Å². The van der Waals surface area contributed by atoms with Crippen LogP contribution in [0.15, 0.2) is 91.0 Å². The molecule has 0 amide bonds.